The number of hydrogen-bond acceptors (Lipinski definition) is 3. The molecule has 25 heavy (non-hydrogen) atoms. The van der Waals surface area contributed by atoms with E-state index in [2.05, 4.69) is 60.7 Å². The Morgan fingerprint density at radius 1 is 1.24 bits per heavy atom. The summed E-state index contributed by atoms with van der Waals surface area (Å²) in [5, 5.41) is 6.51. The lowest BCUT2D eigenvalue weighted by atomic mass is 9.84. The fourth-order valence-corrected chi connectivity index (χ4v) is 3.61. The largest absolute Gasteiger partial charge is 0.356 e. The molecule has 0 saturated carbocycles. The molecule has 0 aliphatic carbocycles. The van der Waals surface area contributed by atoms with Crippen molar-refractivity contribution in [2.75, 3.05) is 26.7 Å². The maximum Gasteiger partial charge on any atom is 0.220 e. The Balaban J connectivity index is 1.62. The fraction of sp³-hybridized carbons (Fsp3) is 0.667. The molecule has 1 aromatic carbocycles. The third-order valence-electron chi connectivity index (χ3n) is 5.61. The van der Waals surface area contributed by atoms with E-state index < -0.39 is 0 Å². The summed E-state index contributed by atoms with van der Waals surface area (Å²) < 4.78 is 0. The molecule has 0 radical (unpaired) electrons. The number of carbonyl (C=O) groups is 1. The summed E-state index contributed by atoms with van der Waals surface area (Å²) in [7, 11) is 2.15. The maximum absolute atomic E-state index is 12.2. The molecular weight excluding hydrogens is 310 g/mol. The second-order valence-electron chi connectivity index (χ2n) is 7.66. The summed E-state index contributed by atoms with van der Waals surface area (Å²) in [5.74, 6) is 1.40. The maximum atomic E-state index is 12.2. The molecule has 0 bridgehead atoms. The third kappa shape index (κ3) is 7.17. The Bertz CT molecular complexity index is 499. The van der Waals surface area contributed by atoms with Gasteiger partial charge in [0.1, 0.15) is 0 Å². The van der Waals surface area contributed by atoms with Crippen LogP contribution in [0.25, 0.3) is 0 Å². The zero-order valence-corrected chi connectivity index (χ0v) is 16.1. The van der Waals surface area contributed by atoms with E-state index in [1.54, 1.807) is 0 Å². The van der Waals surface area contributed by atoms with Gasteiger partial charge in [0.25, 0.3) is 0 Å². The first-order valence-electron chi connectivity index (χ1n) is 9.78. The number of carbonyl (C=O) groups excluding carboxylic acids is 1. The van der Waals surface area contributed by atoms with Gasteiger partial charge < -0.3 is 10.6 Å². The molecule has 1 heterocycles. The number of amides is 1. The van der Waals surface area contributed by atoms with Crippen molar-refractivity contribution >= 4 is 5.91 Å². The number of nitrogens with zero attached hydrogens (tertiary/aromatic N) is 1. The van der Waals surface area contributed by atoms with E-state index in [-0.39, 0.29) is 5.91 Å². The summed E-state index contributed by atoms with van der Waals surface area (Å²) in [4.78, 5) is 14.5. The zero-order valence-electron chi connectivity index (χ0n) is 16.1. The van der Waals surface area contributed by atoms with Gasteiger partial charge in [0.15, 0.2) is 0 Å². The average Bonchev–Trinajstić information content (AvgIpc) is 2.63. The minimum Gasteiger partial charge on any atom is -0.356 e. The molecule has 1 fully saturated rings. The topological polar surface area (TPSA) is 44.4 Å². The highest BCUT2D eigenvalue weighted by molar-refractivity contribution is 5.76. The number of benzene rings is 1. The van der Waals surface area contributed by atoms with Crippen molar-refractivity contribution in [1.82, 2.24) is 15.5 Å². The van der Waals surface area contributed by atoms with E-state index in [0.717, 1.165) is 32.6 Å². The Labute approximate surface area is 153 Å². The van der Waals surface area contributed by atoms with Crippen LogP contribution in [0.5, 0.6) is 0 Å². The van der Waals surface area contributed by atoms with Gasteiger partial charge in [-0.1, -0.05) is 37.3 Å². The smallest absolute Gasteiger partial charge is 0.220 e. The van der Waals surface area contributed by atoms with Gasteiger partial charge in [0.05, 0.1) is 0 Å². The second kappa shape index (κ2) is 10.6. The van der Waals surface area contributed by atoms with E-state index in [1.807, 2.05) is 6.07 Å². The normalized spacial score (nSPS) is 18.1. The first kappa shape index (κ1) is 19.9. The molecule has 2 unspecified atom stereocenters. The predicted octanol–water partition coefficient (Wildman–Crippen LogP) is 3.04. The SMILES string of the molecule is CC(CC(=O)NCCC(C)N(C)Cc1ccccc1)C1CCNCC1. The van der Waals surface area contributed by atoms with Crippen molar-refractivity contribution in [2.45, 2.75) is 52.1 Å². The van der Waals surface area contributed by atoms with Gasteiger partial charge in [-0.3, -0.25) is 9.69 Å². The average molecular weight is 346 g/mol. The molecule has 1 aliphatic heterocycles. The monoisotopic (exact) mass is 345 g/mol. The highest BCUT2D eigenvalue weighted by atomic mass is 16.1. The van der Waals surface area contributed by atoms with E-state index in [0.29, 0.717) is 24.3 Å². The second-order valence-corrected chi connectivity index (χ2v) is 7.66. The van der Waals surface area contributed by atoms with Gasteiger partial charge in [-0.25, -0.2) is 0 Å². The molecule has 1 aromatic rings. The van der Waals surface area contributed by atoms with Crippen LogP contribution in [0, 0.1) is 11.8 Å². The van der Waals surface area contributed by atoms with Gasteiger partial charge in [-0.2, -0.15) is 0 Å². The number of hydrogen-bond donors (Lipinski definition) is 2. The van der Waals surface area contributed by atoms with E-state index in [1.165, 1.54) is 18.4 Å². The molecule has 4 heteroatoms. The van der Waals surface area contributed by atoms with Gasteiger partial charge in [-0.15, -0.1) is 0 Å². The van der Waals surface area contributed by atoms with Crippen LogP contribution in [0.2, 0.25) is 0 Å². The zero-order chi connectivity index (χ0) is 18.1. The van der Waals surface area contributed by atoms with Crippen molar-refractivity contribution in [3.63, 3.8) is 0 Å². The molecular formula is C21H35N3O. The predicted molar refractivity (Wildman–Crippen MR) is 104 cm³/mol. The molecule has 1 amide bonds. The Hall–Kier alpha value is -1.39. The van der Waals surface area contributed by atoms with Gasteiger partial charge >= 0.3 is 0 Å². The number of piperidine rings is 1. The first-order chi connectivity index (χ1) is 12.1. The van der Waals surface area contributed by atoms with Crippen LogP contribution >= 0.6 is 0 Å². The van der Waals surface area contributed by atoms with Crippen molar-refractivity contribution in [2.24, 2.45) is 11.8 Å². The standard InChI is InChI=1S/C21H35N3O/c1-17(20-10-12-22-13-11-20)15-21(25)23-14-9-18(2)24(3)16-19-7-5-4-6-8-19/h4-8,17-18,20,22H,9-16H2,1-3H3,(H,23,25). The number of rotatable bonds is 9. The first-order valence-corrected chi connectivity index (χ1v) is 9.78. The van der Waals surface area contributed by atoms with Crippen LogP contribution in [0.3, 0.4) is 0 Å². The van der Waals surface area contributed by atoms with Gasteiger partial charge in [0.2, 0.25) is 5.91 Å². The van der Waals surface area contributed by atoms with Crippen molar-refractivity contribution in [3.8, 4) is 0 Å². The lowest BCUT2D eigenvalue weighted by molar-refractivity contribution is -0.122. The van der Waals surface area contributed by atoms with Crippen LogP contribution in [0.4, 0.5) is 0 Å². The Kier molecular flexibility index (Phi) is 8.42. The minimum absolute atomic E-state index is 0.212. The van der Waals surface area contributed by atoms with Crippen LogP contribution in [-0.4, -0.2) is 43.5 Å². The summed E-state index contributed by atoms with van der Waals surface area (Å²) in [6, 6.07) is 11.0. The highest BCUT2D eigenvalue weighted by Gasteiger charge is 2.22. The third-order valence-corrected chi connectivity index (χ3v) is 5.61. The van der Waals surface area contributed by atoms with E-state index in [4.69, 9.17) is 0 Å². The summed E-state index contributed by atoms with van der Waals surface area (Å²) in [6.45, 7) is 8.36. The minimum atomic E-state index is 0.212. The number of nitrogens with one attached hydrogen (secondary N) is 2. The van der Waals surface area contributed by atoms with Crippen LogP contribution in [0.1, 0.15) is 45.1 Å². The molecule has 1 saturated heterocycles. The molecule has 0 spiro atoms. The quantitative estimate of drug-likeness (QED) is 0.723. The highest BCUT2D eigenvalue weighted by Crippen LogP contribution is 2.24. The van der Waals surface area contributed by atoms with E-state index >= 15 is 0 Å². The summed E-state index contributed by atoms with van der Waals surface area (Å²) >= 11 is 0. The fourth-order valence-electron chi connectivity index (χ4n) is 3.61. The molecule has 1 aliphatic rings. The van der Waals surface area contributed by atoms with Gasteiger partial charge in [0, 0.05) is 25.6 Å². The lowest BCUT2D eigenvalue weighted by Crippen LogP contribution is -2.35. The summed E-state index contributed by atoms with van der Waals surface area (Å²) in [5.41, 5.74) is 1.33. The lowest BCUT2D eigenvalue weighted by Gasteiger charge is -2.28. The Morgan fingerprint density at radius 3 is 2.60 bits per heavy atom. The molecule has 2 N–H and O–H groups in total. The molecule has 2 rings (SSSR count). The van der Waals surface area contributed by atoms with Crippen LogP contribution in [0.15, 0.2) is 30.3 Å². The molecule has 4 nitrogen and oxygen atoms in total. The van der Waals surface area contributed by atoms with E-state index in [9.17, 15) is 4.79 Å². The summed E-state index contributed by atoms with van der Waals surface area (Å²) in [6.07, 6.45) is 4.06. The van der Waals surface area contributed by atoms with Crippen molar-refractivity contribution < 1.29 is 4.79 Å². The van der Waals surface area contributed by atoms with Crippen LogP contribution in [-0.2, 0) is 11.3 Å². The molecule has 2 atom stereocenters. The van der Waals surface area contributed by atoms with Crippen molar-refractivity contribution in [3.05, 3.63) is 35.9 Å². The van der Waals surface area contributed by atoms with Crippen molar-refractivity contribution in [1.29, 1.82) is 0 Å². The molecule has 0 aromatic heterocycles. The molecule has 140 valence electrons. The van der Waals surface area contributed by atoms with Gasteiger partial charge in [-0.05, 0) is 63.7 Å². The van der Waals surface area contributed by atoms with Crippen LogP contribution < -0.4 is 10.6 Å². The Morgan fingerprint density at radius 2 is 1.92 bits per heavy atom.